The summed E-state index contributed by atoms with van der Waals surface area (Å²) in [4.78, 5) is 37.6. The van der Waals surface area contributed by atoms with Crippen molar-refractivity contribution in [2.24, 2.45) is 0 Å². The summed E-state index contributed by atoms with van der Waals surface area (Å²) in [6.07, 6.45) is 2.80. The van der Waals surface area contributed by atoms with E-state index < -0.39 is 28.6 Å². The lowest BCUT2D eigenvalue weighted by Crippen LogP contribution is -2.28. The summed E-state index contributed by atoms with van der Waals surface area (Å²) in [5.41, 5.74) is 0.996. The molecule has 0 bridgehead atoms. The molecule has 0 aliphatic carbocycles. The van der Waals surface area contributed by atoms with Crippen LogP contribution < -0.4 is 4.90 Å². The van der Waals surface area contributed by atoms with Gasteiger partial charge in [-0.2, -0.15) is 0 Å². The Morgan fingerprint density at radius 3 is 2.16 bits per heavy atom. The summed E-state index contributed by atoms with van der Waals surface area (Å²) in [6.45, 7) is 1.58. The van der Waals surface area contributed by atoms with E-state index in [0.29, 0.717) is 16.8 Å². The van der Waals surface area contributed by atoms with Gasteiger partial charge in [-0.25, -0.2) is 14.0 Å². The van der Waals surface area contributed by atoms with Gasteiger partial charge in [-0.15, -0.1) is 0 Å². The molecule has 3 rings (SSSR count). The number of esters is 2. The van der Waals surface area contributed by atoms with Crippen LogP contribution in [-0.2, 0) is 19.1 Å². The van der Waals surface area contributed by atoms with Gasteiger partial charge in [0.1, 0.15) is 5.82 Å². The van der Waals surface area contributed by atoms with Crippen molar-refractivity contribution < 1.29 is 28.4 Å². The average Bonchev–Trinajstić information content (AvgIpc) is 2.79. The van der Waals surface area contributed by atoms with E-state index in [0.717, 1.165) is 6.07 Å². The van der Waals surface area contributed by atoms with Crippen LogP contribution in [0.5, 0.6) is 0 Å². The second-order valence-corrected chi connectivity index (χ2v) is 7.30. The topological polar surface area (TPSA) is 99.0 Å². The van der Waals surface area contributed by atoms with Crippen molar-refractivity contribution in [3.05, 3.63) is 92.0 Å². The quantitative estimate of drug-likeness (QED) is 0.370. The molecule has 10 heteroatoms. The number of carbonyl (C=O) groups is 2. The van der Waals surface area contributed by atoms with E-state index in [1.807, 2.05) is 0 Å². The third kappa shape index (κ3) is 4.33. The number of carbonyl (C=O) groups excluding carboxylic acids is 2. The summed E-state index contributed by atoms with van der Waals surface area (Å²) >= 11 is 5.88. The average molecular weight is 461 g/mol. The number of hydrogen-bond acceptors (Lipinski definition) is 7. The van der Waals surface area contributed by atoms with Gasteiger partial charge in [-0.05, 0) is 30.7 Å². The first kappa shape index (κ1) is 23.0. The maximum absolute atomic E-state index is 13.6. The van der Waals surface area contributed by atoms with Gasteiger partial charge in [0.2, 0.25) is 0 Å². The monoisotopic (exact) mass is 460 g/mol. The van der Waals surface area contributed by atoms with Crippen LogP contribution in [0.15, 0.2) is 59.9 Å². The van der Waals surface area contributed by atoms with Crippen molar-refractivity contribution in [1.82, 2.24) is 0 Å². The molecule has 8 nitrogen and oxygen atoms in total. The van der Waals surface area contributed by atoms with Crippen LogP contribution in [0.25, 0.3) is 0 Å². The molecule has 0 unspecified atom stereocenters. The Hall–Kier alpha value is -3.72. The van der Waals surface area contributed by atoms with Crippen LogP contribution in [0.3, 0.4) is 0 Å². The molecule has 0 saturated heterocycles. The molecule has 0 amide bonds. The molecule has 0 fully saturated rings. The van der Waals surface area contributed by atoms with Gasteiger partial charge in [-0.3, -0.25) is 10.1 Å². The molecule has 32 heavy (non-hydrogen) atoms. The van der Waals surface area contributed by atoms with Crippen LogP contribution in [0, 0.1) is 22.9 Å². The Labute approximate surface area is 187 Å². The Kier molecular flexibility index (Phi) is 6.59. The zero-order chi connectivity index (χ0) is 23.6. The molecule has 1 heterocycles. The van der Waals surface area contributed by atoms with Crippen molar-refractivity contribution in [2.75, 3.05) is 19.1 Å². The van der Waals surface area contributed by atoms with Crippen LogP contribution in [0.4, 0.5) is 15.8 Å². The maximum atomic E-state index is 13.6. The first-order chi connectivity index (χ1) is 15.2. The molecular weight excluding hydrogens is 443 g/mol. The van der Waals surface area contributed by atoms with Crippen molar-refractivity contribution in [3.8, 4) is 0 Å². The summed E-state index contributed by atoms with van der Waals surface area (Å²) in [5.74, 6) is -3.15. The predicted octanol–water partition coefficient (Wildman–Crippen LogP) is 4.41. The molecule has 0 saturated carbocycles. The SMILES string of the molecule is COC(=O)C1=CN(c2ccc(F)c(Cl)c2)C=C(C(=O)OC)C1c1ccc(C)c([N+](=O)[O-])c1. The van der Waals surface area contributed by atoms with Crippen LogP contribution in [0.2, 0.25) is 5.02 Å². The number of nitro benzene ring substituents is 1. The van der Waals surface area contributed by atoms with Crippen LogP contribution in [-0.4, -0.2) is 31.1 Å². The first-order valence-corrected chi connectivity index (χ1v) is 9.64. The number of rotatable bonds is 5. The minimum absolute atomic E-state index is 0.0222. The highest BCUT2D eigenvalue weighted by molar-refractivity contribution is 6.31. The molecule has 0 aromatic heterocycles. The Bertz CT molecular complexity index is 1140. The highest BCUT2D eigenvalue weighted by Crippen LogP contribution is 2.40. The summed E-state index contributed by atoms with van der Waals surface area (Å²) in [5, 5.41) is 11.3. The van der Waals surface area contributed by atoms with Crippen LogP contribution in [0.1, 0.15) is 17.0 Å². The smallest absolute Gasteiger partial charge is 0.336 e. The van der Waals surface area contributed by atoms with E-state index in [4.69, 9.17) is 21.1 Å². The third-order valence-electron chi connectivity index (χ3n) is 4.99. The molecule has 166 valence electrons. The highest BCUT2D eigenvalue weighted by Gasteiger charge is 2.36. The molecular formula is C22H18ClFN2O6. The summed E-state index contributed by atoms with van der Waals surface area (Å²) in [6, 6.07) is 8.30. The highest BCUT2D eigenvalue weighted by atomic mass is 35.5. The van der Waals surface area contributed by atoms with Crippen molar-refractivity contribution in [3.63, 3.8) is 0 Å². The van der Waals surface area contributed by atoms with Gasteiger partial charge in [0.25, 0.3) is 5.69 Å². The van der Waals surface area contributed by atoms with E-state index in [1.54, 1.807) is 13.0 Å². The second kappa shape index (κ2) is 9.19. The lowest BCUT2D eigenvalue weighted by molar-refractivity contribution is -0.385. The van der Waals surface area contributed by atoms with Gasteiger partial charge >= 0.3 is 11.9 Å². The molecule has 1 aliphatic rings. The Balaban J connectivity index is 2.23. The second-order valence-electron chi connectivity index (χ2n) is 6.89. The van der Waals surface area contributed by atoms with E-state index in [-0.39, 0.29) is 21.9 Å². The number of anilines is 1. The van der Waals surface area contributed by atoms with Gasteiger partial charge < -0.3 is 14.4 Å². The largest absolute Gasteiger partial charge is 0.466 e. The van der Waals surface area contributed by atoms with Crippen molar-refractivity contribution in [1.29, 1.82) is 0 Å². The van der Waals surface area contributed by atoms with E-state index in [1.165, 1.54) is 55.8 Å². The number of methoxy groups -OCH3 is 2. The number of hydrogen-bond donors (Lipinski definition) is 0. The zero-order valence-electron chi connectivity index (χ0n) is 17.3. The summed E-state index contributed by atoms with van der Waals surface area (Å²) < 4.78 is 23.4. The molecule has 2 aromatic carbocycles. The van der Waals surface area contributed by atoms with Crippen LogP contribution >= 0.6 is 11.6 Å². The van der Waals surface area contributed by atoms with Crippen molar-refractivity contribution in [2.45, 2.75) is 12.8 Å². The van der Waals surface area contributed by atoms with Gasteiger partial charge in [-0.1, -0.05) is 23.7 Å². The molecule has 0 atom stereocenters. The van der Waals surface area contributed by atoms with E-state index in [2.05, 4.69) is 0 Å². The number of halogens is 2. The number of aryl methyl sites for hydroxylation is 1. The normalized spacial score (nSPS) is 13.8. The Morgan fingerprint density at radius 2 is 1.66 bits per heavy atom. The minimum Gasteiger partial charge on any atom is -0.466 e. The fourth-order valence-corrected chi connectivity index (χ4v) is 3.56. The fourth-order valence-electron chi connectivity index (χ4n) is 3.39. The molecule has 1 aliphatic heterocycles. The number of nitro groups is 1. The predicted molar refractivity (Wildman–Crippen MR) is 115 cm³/mol. The standard InChI is InChI=1S/C22H18ClFN2O6/c1-12-4-5-13(8-19(12)26(29)30)20-15(21(27)31-2)10-25(11-16(20)22(28)32-3)14-6-7-18(24)17(23)9-14/h4-11,20H,1-3H3. The Morgan fingerprint density at radius 1 is 1.06 bits per heavy atom. The van der Waals surface area contributed by atoms with E-state index >= 15 is 0 Å². The van der Waals surface area contributed by atoms with Gasteiger partial charge in [0.15, 0.2) is 0 Å². The number of ether oxygens (including phenoxy) is 2. The van der Waals surface area contributed by atoms with E-state index in [9.17, 15) is 24.1 Å². The molecule has 0 radical (unpaired) electrons. The first-order valence-electron chi connectivity index (χ1n) is 9.26. The zero-order valence-corrected chi connectivity index (χ0v) is 18.1. The summed E-state index contributed by atoms with van der Waals surface area (Å²) in [7, 11) is 2.35. The fraction of sp³-hybridized carbons (Fsp3) is 0.182. The van der Waals surface area contributed by atoms with Gasteiger partial charge in [0.05, 0.1) is 41.2 Å². The van der Waals surface area contributed by atoms with Crippen molar-refractivity contribution >= 4 is 34.9 Å². The lowest BCUT2D eigenvalue weighted by atomic mass is 9.82. The third-order valence-corrected chi connectivity index (χ3v) is 5.27. The lowest BCUT2D eigenvalue weighted by Gasteiger charge is -2.30. The number of nitrogens with zero attached hydrogens (tertiary/aromatic N) is 2. The number of benzene rings is 2. The maximum Gasteiger partial charge on any atom is 0.336 e. The molecule has 0 N–H and O–H groups in total. The minimum atomic E-state index is -0.999. The molecule has 2 aromatic rings. The van der Waals surface area contributed by atoms with Gasteiger partial charge in [0, 0.05) is 29.7 Å². The molecule has 0 spiro atoms.